The van der Waals surface area contributed by atoms with Gasteiger partial charge >= 0.3 is 5.97 Å². The van der Waals surface area contributed by atoms with Crippen LogP contribution in [0, 0.1) is 6.92 Å². The summed E-state index contributed by atoms with van der Waals surface area (Å²) in [7, 11) is 1.52. The standard InChI is InChI=1S/C13H14N2O4/c1-4-18-13(16)11-8(2)19-15-12(11)9-6-5-7-10(14-9)17-3/h5-7H,4H2,1-3H3. The van der Waals surface area contributed by atoms with Crippen LogP contribution in [0.25, 0.3) is 11.4 Å². The normalized spacial score (nSPS) is 10.3. The average molecular weight is 262 g/mol. The van der Waals surface area contributed by atoms with E-state index < -0.39 is 5.97 Å². The van der Waals surface area contributed by atoms with Crippen LogP contribution in [0.3, 0.4) is 0 Å². The second-order valence-electron chi connectivity index (χ2n) is 3.75. The second-order valence-corrected chi connectivity index (χ2v) is 3.75. The van der Waals surface area contributed by atoms with E-state index in [-0.39, 0.29) is 6.61 Å². The van der Waals surface area contributed by atoms with Crippen LogP contribution >= 0.6 is 0 Å². The van der Waals surface area contributed by atoms with Gasteiger partial charge in [0.15, 0.2) is 0 Å². The van der Waals surface area contributed by atoms with Crippen molar-refractivity contribution in [2.45, 2.75) is 13.8 Å². The molecule has 0 amide bonds. The Hall–Kier alpha value is -2.37. The number of carbonyl (C=O) groups excluding carboxylic acids is 1. The summed E-state index contributed by atoms with van der Waals surface area (Å²) in [4.78, 5) is 16.1. The maximum Gasteiger partial charge on any atom is 0.344 e. The summed E-state index contributed by atoms with van der Waals surface area (Å²) in [5, 5.41) is 3.87. The SMILES string of the molecule is CCOC(=O)c1c(-c2cccc(OC)n2)noc1C. The summed E-state index contributed by atoms with van der Waals surface area (Å²) in [5.41, 5.74) is 1.15. The number of carbonyl (C=O) groups is 1. The summed E-state index contributed by atoms with van der Waals surface area (Å²) >= 11 is 0. The van der Waals surface area contributed by atoms with Gasteiger partial charge in [-0.3, -0.25) is 0 Å². The van der Waals surface area contributed by atoms with E-state index >= 15 is 0 Å². The highest BCUT2D eigenvalue weighted by Gasteiger charge is 2.23. The van der Waals surface area contributed by atoms with Crippen molar-refractivity contribution in [1.82, 2.24) is 10.1 Å². The molecule has 0 radical (unpaired) electrons. The third-order valence-corrected chi connectivity index (χ3v) is 2.52. The van der Waals surface area contributed by atoms with Gasteiger partial charge in [-0.05, 0) is 19.9 Å². The Morgan fingerprint density at radius 1 is 1.42 bits per heavy atom. The van der Waals surface area contributed by atoms with Gasteiger partial charge in [-0.1, -0.05) is 11.2 Å². The van der Waals surface area contributed by atoms with E-state index in [1.807, 2.05) is 0 Å². The Bertz CT molecular complexity index is 592. The Balaban J connectivity index is 2.47. The zero-order chi connectivity index (χ0) is 13.8. The fourth-order valence-corrected chi connectivity index (χ4v) is 1.65. The third-order valence-electron chi connectivity index (χ3n) is 2.52. The molecule has 100 valence electrons. The highest BCUT2D eigenvalue weighted by molar-refractivity contribution is 5.96. The van der Waals surface area contributed by atoms with E-state index in [4.69, 9.17) is 14.0 Å². The molecule has 6 nitrogen and oxygen atoms in total. The van der Waals surface area contributed by atoms with Crippen LogP contribution in [0.15, 0.2) is 22.7 Å². The Morgan fingerprint density at radius 3 is 2.89 bits per heavy atom. The number of hydrogen-bond acceptors (Lipinski definition) is 6. The molecule has 0 unspecified atom stereocenters. The molecule has 0 spiro atoms. The first-order valence-corrected chi connectivity index (χ1v) is 5.82. The molecule has 2 aromatic rings. The van der Waals surface area contributed by atoms with Crippen molar-refractivity contribution in [3.8, 4) is 17.3 Å². The molecule has 0 aliphatic heterocycles. The zero-order valence-corrected chi connectivity index (χ0v) is 11.0. The van der Waals surface area contributed by atoms with Crippen molar-refractivity contribution in [1.29, 1.82) is 0 Å². The zero-order valence-electron chi connectivity index (χ0n) is 11.0. The Kier molecular flexibility index (Phi) is 3.79. The molecule has 19 heavy (non-hydrogen) atoms. The minimum absolute atomic E-state index is 0.286. The first-order valence-electron chi connectivity index (χ1n) is 5.82. The molecule has 0 bridgehead atoms. The van der Waals surface area contributed by atoms with E-state index in [1.165, 1.54) is 7.11 Å². The lowest BCUT2D eigenvalue weighted by Gasteiger charge is -2.03. The van der Waals surface area contributed by atoms with Gasteiger partial charge < -0.3 is 14.0 Å². The van der Waals surface area contributed by atoms with Crippen LogP contribution in [0.1, 0.15) is 23.0 Å². The first kappa shape index (κ1) is 13.1. The molecule has 0 atom stereocenters. The van der Waals surface area contributed by atoms with Gasteiger partial charge in [-0.2, -0.15) is 0 Å². The van der Waals surface area contributed by atoms with Gasteiger partial charge in [0.2, 0.25) is 5.88 Å². The number of hydrogen-bond donors (Lipinski definition) is 0. The smallest absolute Gasteiger partial charge is 0.344 e. The van der Waals surface area contributed by atoms with E-state index in [1.54, 1.807) is 32.0 Å². The van der Waals surface area contributed by atoms with Crippen molar-refractivity contribution in [2.24, 2.45) is 0 Å². The lowest BCUT2D eigenvalue weighted by atomic mass is 10.1. The number of rotatable bonds is 4. The maximum absolute atomic E-state index is 11.9. The number of ether oxygens (including phenoxy) is 2. The van der Waals surface area contributed by atoms with Gasteiger partial charge in [-0.25, -0.2) is 9.78 Å². The van der Waals surface area contributed by atoms with Crippen molar-refractivity contribution in [3.63, 3.8) is 0 Å². The molecule has 0 fully saturated rings. The number of aromatic nitrogens is 2. The third kappa shape index (κ3) is 2.57. The number of methoxy groups -OCH3 is 1. The molecule has 2 heterocycles. The second kappa shape index (κ2) is 5.51. The maximum atomic E-state index is 11.9. The van der Waals surface area contributed by atoms with E-state index in [0.29, 0.717) is 28.6 Å². The van der Waals surface area contributed by atoms with Crippen LogP contribution in [0.5, 0.6) is 5.88 Å². The molecule has 0 aromatic carbocycles. The van der Waals surface area contributed by atoms with Crippen LogP contribution in [-0.2, 0) is 4.74 Å². The molecular weight excluding hydrogens is 248 g/mol. The summed E-state index contributed by atoms with van der Waals surface area (Å²) in [6.07, 6.45) is 0. The van der Waals surface area contributed by atoms with Crippen molar-refractivity contribution in [2.75, 3.05) is 13.7 Å². The topological polar surface area (TPSA) is 74.5 Å². The predicted octanol–water partition coefficient (Wildman–Crippen LogP) is 2.23. The summed E-state index contributed by atoms with van der Waals surface area (Å²) in [6.45, 7) is 3.68. The Morgan fingerprint density at radius 2 is 2.21 bits per heavy atom. The minimum Gasteiger partial charge on any atom is -0.481 e. The lowest BCUT2D eigenvalue weighted by molar-refractivity contribution is 0.0525. The van der Waals surface area contributed by atoms with Gasteiger partial charge in [0.1, 0.15) is 17.0 Å². The van der Waals surface area contributed by atoms with Crippen molar-refractivity contribution < 1.29 is 18.8 Å². The summed E-state index contributed by atoms with van der Waals surface area (Å²) < 4.78 is 15.1. The summed E-state index contributed by atoms with van der Waals surface area (Å²) in [6, 6.07) is 5.20. The van der Waals surface area contributed by atoms with Gasteiger partial charge in [-0.15, -0.1) is 0 Å². The lowest BCUT2D eigenvalue weighted by Crippen LogP contribution is -2.07. The molecule has 0 aliphatic carbocycles. The van der Waals surface area contributed by atoms with Crippen molar-refractivity contribution >= 4 is 5.97 Å². The van der Waals surface area contributed by atoms with Crippen LogP contribution in [0.4, 0.5) is 0 Å². The minimum atomic E-state index is -0.471. The van der Waals surface area contributed by atoms with Crippen LogP contribution < -0.4 is 4.74 Å². The molecule has 0 saturated heterocycles. The molecular formula is C13H14N2O4. The number of pyridine rings is 1. The monoisotopic (exact) mass is 262 g/mol. The highest BCUT2D eigenvalue weighted by atomic mass is 16.5. The number of nitrogens with zero attached hydrogens (tertiary/aromatic N) is 2. The molecule has 0 saturated carbocycles. The van der Waals surface area contributed by atoms with Crippen LogP contribution in [-0.4, -0.2) is 29.8 Å². The van der Waals surface area contributed by atoms with E-state index in [0.717, 1.165) is 0 Å². The fraction of sp³-hybridized carbons (Fsp3) is 0.308. The average Bonchev–Trinajstić information content (AvgIpc) is 2.81. The van der Waals surface area contributed by atoms with E-state index in [2.05, 4.69) is 10.1 Å². The van der Waals surface area contributed by atoms with Crippen molar-refractivity contribution in [3.05, 3.63) is 29.5 Å². The Labute approximate surface area is 110 Å². The number of esters is 1. The largest absolute Gasteiger partial charge is 0.481 e. The molecule has 0 N–H and O–H groups in total. The quantitative estimate of drug-likeness (QED) is 0.786. The molecule has 0 aliphatic rings. The molecule has 6 heteroatoms. The number of aryl methyl sites for hydroxylation is 1. The van der Waals surface area contributed by atoms with Gasteiger partial charge in [0.05, 0.1) is 19.4 Å². The van der Waals surface area contributed by atoms with Gasteiger partial charge in [0.25, 0.3) is 0 Å². The molecule has 2 rings (SSSR count). The van der Waals surface area contributed by atoms with Gasteiger partial charge in [0, 0.05) is 6.07 Å². The predicted molar refractivity (Wildman–Crippen MR) is 67.0 cm³/mol. The van der Waals surface area contributed by atoms with Crippen LogP contribution in [0.2, 0.25) is 0 Å². The molecule has 2 aromatic heterocycles. The van der Waals surface area contributed by atoms with E-state index in [9.17, 15) is 4.79 Å². The fourth-order valence-electron chi connectivity index (χ4n) is 1.65. The highest BCUT2D eigenvalue weighted by Crippen LogP contribution is 2.25. The summed E-state index contributed by atoms with van der Waals surface area (Å²) in [5.74, 6) is 0.368. The first-order chi connectivity index (χ1) is 9.17.